The quantitative estimate of drug-likeness (QED) is 0.0624. The maximum atomic E-state index is 13.3. The topological polar surface area (TPSA) is 144 Å². The number of carbonyl (C=O) groups is 4. The number of nitrogens with one attached hydrogen (secondary N) is 4. The lowest BCUT2D eigenvalue weighted by Gasteiger charge is -2.31. The van der Waals surface area contributed by atoms with Crippen molar-refractivity contribution >= 4 is 24.0 Å². The van der Waals surface area contributed by atoms with Crippen molar-refractivity contribution in [3.05, 3.63) is 0 Å². The minimum absolute atomic E-state index is 0.0585. The highest BCUT2D eigenvalue weighted by atomic mass is 16.5. The van der Waals surface area contributed by atoms with Crippen LogP contribution in [0.5, 0.6) is 0 Å². The van der Waals surface area contributed by atoms with Crippen LogP contribution in [-0.4, -0.2) is 96.9 Å². The molecule has 3 amide bonds. The van der Waals surface area contributed by atoms with Gasteiger partial charge in [-0.1, -0.05) is 68.2 Å². The van der Waals surface area contributed by atoms with Gasteiger partial charge in [-0.3, -0.25) is 14.4 Å². The molecule has 0 aliphatic heterocycles. The average Bonchev–Trinajstić information content (AvgIpc) is 3.00. The van der Waals surface area contributed by atoms with E-state index in [0.717, 1.165) is 44.9 Å². The van der Waals surface area contributed by atoms with Gasteiger partial charge in [-0.05, 0) is 59.5 Å². The highest BCUT2D eigenvalue weighted by Crippen LogP contribution is 2.22. The van der Waals surface area contributed by atoms with E-state index in [1.54, 1.807) is 7.11 Å². The van der Waals surface area contributed by atoms with Gasteiger partial charge in [0.05, 0.1) is 38.4 Å². The molecule has 0 saturated heterocycles. The number of hydrogen-bond acceptors (Lipinski definition) is 8. The molecular weight excluding hydrogens is 624 g/mol. The summed E-state index contributed by atoms with van der Waals surface area (Å²) in [5.74, 6) is -0.349. The fraction of sp³-hybridized carbons (Fsp3) is 0.895. The van der Waals surface area contributed by atoms with Crippen molar-refractivity contribution in [3.63, 3.8) is 0 Å². The first-order chi connectivity index (χ1) is 22.8. The van der Waals surface area contributed by atoms with Gasteiger partial charge in [0.25, 0.3) is 0 Å². The molecule has 0 bridgehead atoms. The third-order valence-electron chi connectivity index (χ3n) is 7.79. The van der Waals surface area contributed by atoms with Crippen LogP contribution in [0.1, 0.15) is 127 Å². The number of rotatable bonds is 28. The molecule has 11 nitrogen and oxygen atoms in total. The van der Waals surface area contributed by atoms with Gasteiger partial charge in [-0.2, -0.15) is 0 Å². The fourth-order valence-electron chi connectivity index (χ4n) is 4.64. The van der Waals surface area contributed by atoms with E-state index in [0.29, 0.717) is 52.4 Å². The van der Waals surface area contributed by atoms with Crippen LogP contribution in [-0.2, 0) is 33.4 Å². The molecular formula is C38H76N4O7. The van der Waals surface area contributed by atoms with Crippen molar-refractivity contribution in [2.75, 3.05) is 66.8 Å². The van der Waals surface area contributed by atoms with Gasteiger partial charge in [0.2, 0.25) is 17.7 Å². The van der Waals surface area contributed by atoms with Gasteiger partial charge in [-0.25, -0.2) is 0 Å². The lowest BCUT2D eigenvalue weighted by Crippen LogP contribution is -2.52. The second kappa shape index (κ2) is 26.7. The molecule has 0 rings (SSSR count). The summed E-state index contributed by atoms with van der Waals surface area (Å²) in [5.41, 5.74) is -1.49. The zero-order valence-electron chi connectivity index (χ0n) is 33.5. The normalized spacial score (nSPS) is 12.8. The molecule has 0 radical (unpaired) electrons. The maximum absolute atomic E-state index is 13.3. The SMILES string of the molecule is CCCC(=O)NCC(C)(C)COCC(C)(C)CNC(=O)C(CCCCNC)NC(=O)C(C)(C)COCC(C)(C)COC.CCCCCC=O. The summed E-state index contributed by atoms with van der Waals surface area (Å²) in [4.78, 5) is 48.1. The van der Waals surface area contributed by atoms with Crippen LogP contribution < -0.4 is 21.3 Å². The van der Waals surface area contributed by atoms with Gasteiger partial charge >= 0.3 is 0 Å². The first-order valence-corrected chi connectivity index (χ1v) is 18.4. The number of unbranched alkanes of at least 4 members (excludes halogenated alkanes) is 4. The van der Waals surface area contributed by atoms with Crippen LogP contribution in [0.3, 0.4) is 0 Å². The molecule has 0 aliphatic rings. The Morgan fingerprint density at radius 2 is 1.29 bits per heavy atom. The highest BCUT2D eigenvalue weighted by molar-refractivity contribution is 5.89. The summed E-state index contributed by atoms with van der Waals surface area (Å²) in [5, 5.41) is 12.1. The van der Waals surface area contributed by atoms with E-state index in [4.69, 9.17) is 14.2 Å². The zero-order valence-corrected chi connectivity index (χ0v) is 33.5. The molecule has 0 aliphatic carbocycles. The predicted molar refractivity (Wildman–Crippen MR) is 199 cm³/mol. The van der Waals surface area contributed by atoms with E-state index >= 15 is 0 Å². The second-order valence-corrected chi connectivity index (χ2v) is 16.3. The molecule has 0 aromatic heterocycles. The Labute approximate surface area is 299 Å². The molecule has 4 N–H and O–H groups in total. The molecule has 0 saturated carbocycles. The minimum Gasteiger partial charge on any atom is -0.384 e. The molecule has 1 atom stereocenters. The number of ether oxygens (including phenoxy) is 3. The number of methoxy groups -OCH3 is 1. The Morgan fingerprint density at radius 3 is 1.82 bits per heavy atom. The van der Waals surface area contributed by atoms with Gasteiger partial charge in [0.1, 0.15) is 12.3 Å². The second-order valence-electron chi connectivity index (χ2n) is 16.3. The monoisotopic (exact) mass is 701 g/mol. The number of hydrogen-bond donors (Lipinski definition) is 4. The summed E-state index contributed by atoms with van der Waals surface area (Å²) in [7, 11) is 3.56. The Bertz CT molecular complexity index is 907. The van der Waals surface area contributed by atoms with E-state index in [1.807, 2.05) is 41.7 Å². The molecule has 0 aromatic rings. The van der Waals surface area contributed by atoms with Crippen LogP contribution in [0.2, 0.25) is 0 Å². The highest BCUT2D eigenvalue weighted by Gasteiger charge is 2.33. The molecule has 1 unspecified atom stereocenters. The summed E-state index contributed by atoms with van der Waals surface area (Å²) >= 11 is 0. The van der Waals surface area contributed by atoms with Gasteiger partial charge in [-0.15, -0.1) is 0 Å². The van der Waals surface area contributed by atoms with Crippen LogP contribution >= 0.6 is 0 Å². The number of aldehydes is 1. The van der Waals surface area contributed by atoms with E-state index in [2.05, 4.69) is 55.9 Å². The van der Waals surface area contributed by atoms with E-state index in [-0.39, 0.29) is 40.6 Å². The number of carbonyl (C=O) groups excluding carboxylic acids is 4. The van der Waals surface area contributed by atoms with Gasteiger partial charge in [0, 0.05) is 49.3 Å². The largest absolute Gasteiger partial charge is 0.384 e. The summed E-state index contributed by atoms with van der Waals surface area (Å²) in [6.45, 7) is 24.1. The lowest BCUT2D eigenvalue weighted by atomic mass is 9.91. The molecule has 49 heavy (non-hydrogen) atoms. The van der Waals surface area contributed by atoms with Gasteiger partial charge in [0.15, 0.2) is 0 Å². The van der Waals surface area contributed by atoms with Crippen LogP contribution in [0.15, 0.2) is 0 Å². The van der Waals surface area contributed by atoms with Crippen LogP contribution in [0.4, 0.5) is 0 Å². The van der Waals surface area contributed by atoms with E-state index in [9.17, 15) is 19.2 Å². The average molecular weight is 701 g/mol. The Hall–Kier alpha value is -2.08. The lowest BCUT2D eigenvalue weighted by molar-refractivity contribution is -0.137. The Morgan fingerprint density at radius 1 is 0.714 bits per heavy atom. The first-order valence-electron chi connectivity index (χ1n) is 18.4. The van der Waals surface area contributed by atoms with Crippen molar-refractivity contribution in [1.82, 2.24) is 21.3 Å². The van der Waals surface area contributed by atoms with E-state index in [1.165, 1.54) is 12.8 Å². The van der Waals surface area contributed by atoms with Gasteiger partial charge < -0.3 is 40.3 Å². The molecule has 0 fully saturated rings. The molecule has 11 heteroatoms. The maximum Gasteiger partial charge on any atom is 0.242 e. The van der Waals surface area contributed by atoms with Crippen LogP contribution in [0.25, 0.3) is 0 Å². The molecule has 290 valence electrons. The fourth-order valence-corrected chi connectivity index (χ4v) is 4.64. The Kier molecular flexibility index (Phi) is 26.7. The van der Waals surface area contributed by atoms with Crippen molar-refractivity contribution < 1.29 is 33.4 Å². The van der Waals surface area contributed by atoms with Crippen molar-refractivity contribution in [2.45, 2.75) is 133 Å². The van der Waals surface area contributed by atoms with Crippen molar-refractivity contribution in [3.8, 4) is 0 Å². The minimum atomic E-state index is -0.803. The first kappa shape index (κ1) is 49.0. The summed E-state index contributed by atoms with van der Waals surface area (Å²) in [6.07, 6.45) is 8.80. The summed E-state index contributed by atoms with van der Waals surface area (Å²) in [6, 6.07) is -0.638. The van der Waals surface area contributed by atoms with Crippen LogP contribution in [0, 0.1) is 21.7 Å². The summed E-state index contributed by atoms with van der Waals surface area (Å²) < 4.78 is 17.2. The van der Waals surface area contributed by atoms with Crippen molar-refractivity contribution in [1.29, 1.82) is 0 Å². The third-order valence-corrected chi connectivity index (χ3v) is 7.79. The van der Waals surface area contributed by atoms with E-state index < -0.39 is 11.5 Å². The smallest absolute Gasteiger partial charge is 0.242 e. The predicted octanol–water partition coefficient (Wildman–Crippen LogP) is 5.44. The van der Waals surface area contributed by atoms with Crippen molar-refractivity contribution in [2.24, 2.45) is 21.7 Å². The third kappa shape index (κ3) is 27.3. The standard InChI is InChI=1S/C32H64N4O6.C6H12O/c1-12-15-26(37)34-18-29(2,3)21-41-22-30(4,5)19-35-27(38)25(16-13-14-17-33-10)36-28(39)32(8,9)24-42-23-31(6,7)20-40-11;1-2-3-4-5-6-7/h25,33H,12-24H2,1-11H3,(H,34,37)(H,35,38)(H,36,39);6H,2-5H2,1H3. The number of amides is 3. The molecule has 0 spiro atoms. The zero-order chi connectivity index (χ0) is 38.0. The molecule has 0 heterocycles. The molecule has 0 aromatic carbocycles. The Balaban J connectivity index is 0.